The molecule has 1 aromatic rings. The van der Waals surface area contributed by atoms with Crippen molar-refractivity contribution in [2.24, 2.45) is 0 Å². The second-order valence-electron chi connectivity index (χ2n) is 3.72. The molecule has 0 atom stereocenters. The molecule has 0 saturated carbocycles. The summed E-state index contributed by atoms with van der Waals surface area (Å²) >= 11 is 0. The van der Waals surface area contributed by atoms with Gasteiger partial charge in [0.25, 0.3) is 0 Å². The van der Waals surface area contributed by atoms with Crippen LogP contribution in [0, 0.1) is 6.57 Å². The van der Waals surface area contributed by atoms with Crippen molar-refractivity contribution in [3.63, 3.8) is 0 Å². The number of nitrogens with zero attached hydrogens (tertiary/aromatic N) is 1. The summed E-state index contributed by atoms with van der Waals surface area (Å²) in [6, 6.07) is 7.14. The van der Waals surface area contributed by atoms with Gasteiger partial charge in [0.05, 0.1) is 6.57 Å². The van der Waals surface area contributed by atoms with Crippen LogP contribution in [-0.2, 0) is 4.79 Å². The normalized spacial score (nSPS) is 12.1. The summed E-state index contributed by atoms with van der Waals surface area (Å²) in [6.45, 7) is 10.2. The van der Waals surface area contributed by atoms with Crippen molar-refractivity contribution in [2.45, 2.75) is 13.8 Å². The Morgan fingerprint density at radius 3 is 2.35 bits per heavy atom. The summed E-state index contributed by atoms with van der Waals surface area (Å²) in [5.74, 6) is -0.916. The Kier molecular flexibility index (Phi) is 4.24. The molecule has 0 heterocycles. The molecule has 0 aliphatic rings. The molecule has 86 valence electrons. The Labute approximate surface area is 101 Å². The summed E-state index contributed by atoms with van der Waals surface area (Å²) in [6.07, 6.45) is 3.49. The highest BCUT2D eigenvalue weighted by Gasteiger charge is 1.99. The van der Waals surface area contributed by atoms with E-state index >= 15 is 0 Å². The minimum absolute atomic E-state index is 0.302. The fraction of sp³-hybridized carbons (Fsp3) is 0.143. The van der Waals surface area contributed by atoms with Crippen LogP contribution in [0.4, 0.5) is 5.69 Å². The topological polar surface area (TPSA) is 41.7 Å². The van der Waals surface area contributed by atoms with Crippen molar-refractivity contribution >= 4 is 17.7 Å². The minimum Gasteiger partial charge on any atom is -0.478 e. The Morgan fingerprint density at radius 1 is 1.29 bits per heavy atom. The smallest absolute Gasteiger partial charge is 0.331 e. The number of benzene rings is 1. The van der Waals surface area contributed by atoms with Gasteiger partial charge in [-0.3, -0.25) is 0 Å². The fourth-order valence-corrected chi connectivity index (χ4v) is 1.35. The van der Waals surface area contributed by atoms with Gasteiger partial charge in [-0.15, -0.1) is 0 Å². The Morgan fingerprint density at radius 2 is 1.88 bits per heavy atom. The first kappa shape index (κ1) is 12.7. The van der Waals surface area contributed by atoms with Crippen LogP contribution < -0.4 is 0 Å². The van der Waals surface area contributed by atoms with E-state index in [2.05, 4.69) is 4.85 Å². The molecule has 0 saturated heterocycles. The zero-order valence-electron chi connectivity index (χ0n) is 9.77. The van der Waals surface area contributed by atoms with E-state index in [-0.39, 0.29) is 0 Å². The fourth-order valence-electron chi connectivity index (χ4n) is 1.35. The van der Waals surface area contributed by atoms with Crippen LogP contribution in [0.15, 0.2) is 41.5 Å². The predicted octanol–water partition coefficient (Wildman–Crippen LogP) is 3.67. The molecule has 0 amide bonds. The number of hydrogen-bond acceptors (Lipinski definition) is 1. The molecule has 1 aromatic carbocycles. The van der Waals surface area contributed by atoms with Crippen LogP contribution in [0.25, 0.3) is 10.9 Å². The van der Waals surface area contributed by atoms with Crippen molar-refractivity contribution in [2.75, 3.05) is 0 Å². The lowest BCUT2D eigenvalue weighted by molar-refractivity contribution is -0.132. The monoisotopic (exact) mass is 227 g/mol. The van der Waals surface area contributed by atoms with E-state index in [0.29, 0.717) is 11.3 Å². The maximum Gasteiger partial charge on any atom is 0.331 e. The summed E-state index contributed by atoms with van der Waals surface area (Å²) in [7, 11) is 0. The van der Waals surface area contributed by atoms with Crippen LogP contribution in [0.5, 0.6) is 0 Å². The van der Waals surface area contributed by atoms with Gasteiger partial charge in [0, 0.05) is 5.57 Å². The molecule has 1 N–H and O–H groups in total. The first-order chi connectivity index (χ1) is 8.02. The maximum atomic E-state index is 10.6. The minimum atomic E-state index is -0.916. The van der Waals surface area contributed by atoms with Gasteiger partial charge >= 0.3 is 5.97 Å². The van der Waals surface area contributed by atoms with Crippen LogP contribution in [0.3, 0.4) is 0 Å². The van der Waals surface area contributed by atoms with Gasteiger partial charge in [-0.2, -0.15) is 0 Å². The summed E-state index contributed by atoms with van der Waals surface area (Å²) in [5.41, 5.74) is 2.71. The average Bonchev–Trinajstić information content (AvgIpc) is 2.29. The van der Waals surface area contributed by atoms with Crippen molar-refractivity contribution in [3.05, 3.63) is 58.5 Å². The molecule has 3 heteroatoms. The highest BCUT2D eigenvalue weighted by Crippen LogP contribution is 2.15. The first-order valence-electron chi connectivity index (χ1n) is 5.10. The lowest BCUT2D eigenvalue weighted by Crippen LogP contribution is -1.95. The second-order valence-corrected chi connectivity index (χ2v) is 3.72. The zero-order valence-corrected chi connectivity index (χ0v) is 9.77. The van der Waals surface area contributed by atoms with Crippen LogP contribution >= 0.6 is 0 Å². The third-order valence-electron chi connectivity index (χ3n) is 2.20. The standard InChI is InChI=1S/C14H13NO2/c1-10(8-11(2)14(16)17)9-12-4-6-13(15-3)7-5-12/h4-9H,1-2H3,(H,16,17)/b10-9+,11-8+. The largest absolute Gasteiger partial charge is 0.478 e. The first-order valence-corrected chi connectivity index (χ1v) is 5.10. The zero-order chi connectivity index (χ0) is 12.8. The molecule has 3 nitrogen and oxygen atoms in total. The Hall–Kier alpha value is -2.34. The molecule has 0 unspecified atom stereocenters. The molecular formula is C14H13NO2. The van der Waals surface area contributed by atoms with Crippen molar-refractivity contribution in [1.82, 2.24) is 0 Å². The van der Waals surface area contributed by atoms with Crippen LogP contribution in [0.1, 0.15) is 19.4 Å². The quantitative estimate of drug-likeness (QED) is 0.486. The number of allylic oxidation sites excluding steroid dienone is 2. The molecule has 0 fully saturated rings. The Balaban J connectivity index is 2.92. The van der Waals surface area contributed by atoms with E-state index in [1.165, 1.54) is 0 Å². The Bertz CT molecular complexity index is 516. The van der Waals surface area contributed by atoms with Gasteiger partial charge in [-0.05, 0) is 25.5 Å². The van der Waals surface area contributed by atoms with E-state index in [0.717, 1.165) is 11.1 Å². The number of hydrogen-bond donors (Lipinski definition) is 1. The molecule has 0 aliphatic heterocycles. The van der Waals surface area contributed by atoms with E-state index in [9.17, 15) is 4.79 Å². The lowest BCUT2D eigenvalue weighted by Gasteiger charge is -1.97. The highest BCUT2D eigenvalue weighted by atomic mass is 16.4. The van der Waals surface area contributed by atoms with Gasteiger partial charge in [0.15, 0.2) is 5.69 Å². The number of carbonyl (C=O) groups is 1. The summed E-state index contributed by atoms with van der Waals surface area (Å²) < 4.78 is 0. The summed E-state index contributed by atoms with van der Waals surface area (Å²) in [5, 5.41) is 8.74. The summed E-state index contributed by atoms with van der Waals surface area (Å²) in [4.78, 5) is 13.9. The molecule has 0 aliphatic carbocycles. The SMILES string of the molecule is [C-]#[N+]c1ccc(/C=C(C)/C=C(\C)C(=O)O)cc1. The molecular weight excluding hydrogens is 214 g/mol. The number of carboxylic acid groups (broad SMARTS) is 1. The molecule has 0 spiro atoms. The maximum absolute atomic E-state index is 10.6. The van der Waals surface area contributed by atoms with E-state index in [1.54, 1.807) is 25.1 Å². The van der Waals surface area contributed by atoms with Crippen molar-refractivity contribution in [1.29, 1.82) is 0 Å². The van der Waals surface area contributed by atoms with Gasteiger partial charge in [0.2, 0.25) is 0 Å². The van der Waals surface area contributed by atoms with Gasteiger partial charge in [-0.1, -0.05) is 35.9 Å². The molecule has 0 bridgehead atoms. The predicted molar refractivity (Wildman–Crippen MR) is 67.7 cm³/mol. The molecule has 17 heavy (non-hydrogen) atoms. The lowest BCUT2D eigenvalue weighted by atomic mass is 10.1. The number of rotatable bonds is 3. The molecule has 1 rings (SSSR count). The molecule has 0 radical (unpaired) electrons. The van der Waals surface area contributed by atoms with E-state index in [4.69, 9.17) is 11.7 Å². The third-order valence-corrected chi connectivity index (χ3v) is 2.20. The van der Waals surface area contributed by atoms with Crippen LogP contribution in [0.2, 0.25) is 0 Å². The van der Waals surface area contributed by atoms with Crippen molar-refractivity contribution in [3.8, 4) is 0 Å². The average molecular weight is 227 g/mol. The van der Waals surface area contributed by atoms with Gasteiger partial charge < -0.3 is 5.11 Å². The van der Waals surface area contributed by atoms with Crippen molar-refractivity contribution < 1.29 is 9.90 Å². The second kappa shape index (κ2) is 5.66. The molecule has 0 aromatic heterocycles. The van der Waals surface area contributed by atoms with Gasteiger partial charge in [0.1, 0.15) is 0 Å². The third kappa shape index (κ3) is 3.96. The van der Waals surface area contributed by atoms with Crippen LogP contribution in [-0.4, -0.2) is 11.1 Å². The number of aliphatic carboxylic acids is 1. The van der Waals surface area contributed by atoms with E-state index < -0.39 is 5.97 Å². The van der Waals surface area contributed by atoms with Gasteiger partial charge in [-0.25, -0.2) is 9.64 Å². The highest BCUT2D eigenvalue weighted by molar-refractivity contribution is 5.86. The van der Waals surface area contributed by atoms with E-state index in [1.807, 2.05) is 25.1 Å². The number of carboxylic acids is 1.